The summed E-state index contributed by atoms with van der Waals surface area (Å²) in [6, 6.07) is 2.49. The Balaban J connectivity index is 3.16. The Labute approximate surface area is 127 Å². The summed E-state index contributed by atoms with van der Waals surface area (Å²) in [7, 11) is -3.22. The molecular weight excluding hydrogens is 379 g/mol. The molecule has 0 bridgehead atoms. The van der Waals surface area contributed by atoms with Gasteiger partial charge in [0.1, 0.15) is 0 Å². The van der Waals surface area contributed by atoms with Crippen LogP contribution in [0.1, 0.15) is 12.5 Å². The van der Waals surface area contributed by atoms with E-state index in [0.717, 1.165) is 26.2 Å². The van der Waals surface area contributed by atoms with Gasteiger partial charge >= 0.3 is 12.1 Å². The molecule has 1 atom stereocenters. The van der Waals surface area contributed by atoms with Crippen LogP contribution in [0.4, 0.5) is 18.9 Å². The summed E-state index contributed by atoms with van der Waals surface area (Å²) in [6.07, 6.45) is -4.62. The molecule has 0 saturated carbocycles. The van der Waals surface area contributed by atoms with Crippen LogP contribution in [0.3, 0.4) is 0 Å². The number of alkyl halides is 3. The number of esters is 1. The first-order valence-corrected chi connectivity index (χ1v) is 7.79. The lowest BCUT2D eigenvalue weighted by Gasteiger charge is -2.15. The zero-order valence-electron chi connectivity index (χ0n) is 10.9. The average Bonchev–Trinajstić information content (AvgIpc) is 2.37. The van der Waals surface area contributed by atoms with Crippen molar-refractivity contribution in [2.24, 2.45) is 0 Å². The minimum Gasteiger partial charge on any atom is -0.468 e. The highest BCUT2D eigenvalue weighted by atomic mass is 79.9. The van der Waals surface area contributed by atoms with Crippen LogP contribution in [0.15, 0.2) is 22.7 Å². The van der Waals surface area contributed by atoms with E-state index in [9.17, 15) is 26.4 Å². The standard InChI is InChI=1S/C11H11BrF3NO4S/c1-6(10(17)20-2)21(18,19)16-9-5-7(11(13,14)15)3-4-8(9)12/h3-6,16H,1-2H3. The third-order valence-corrected chi connectivity index (χ3v) is 4.86. The first-order valence-electron chi connectivity index (χ1n) is 5.45. The second kappa shape index (κ2) is 6.22. The molecule has 0 amide bonds. The van der Waals surface area contributed by atoms with Crippen molar-refractivity contribution >= 4 is 37.6 Å². The first kappa shape index (κ1) is 17.8. The molecule has 0 aliphatic heterocycles. The summed E-state index contributed by atoms with van der Waals surface area (Å²) >= 11 is 2.94. The number of hydrogen-bond donors (Lipinski definition) is 1. The van der Waals surface area contributed by atoms with Gasteiger partial charge in [0.05, 0.1) is 18.4 Å². The fourth-order valence-corrected chi connectivity index (χ4v) is 2.79. The Morgan fingerprint density at radius 3 is 2.43 bits per heavy atom. The van der Waals surface area contributed by atoms with E-state index in [1.807, 2.05) is 4.72 Å². The van der Waals surface area contributed by atoms with Crippen molar-refractivity contribution in [3.8, 4) is 0 Å². The molecule has 0 aliphatic carbocycles. The van der Waals surface area contributed by atoms with Crippen molar-refractivity contribution in [2.45, 2.75) is 18.3 Å². The van der Waals surface area contributed by atoms with Gasteiger partial charge in [-0.1, -0.05) is 0 Å². The van der Waals surface area contributed by atoms with Gasteiger partial charge in [0.15, 0.2) is 5.25 Å². The number of carbonyl (C=O) groups is 1. The van der Waals surface area contributed by atoms with Crippen LogP contribution in [-0.4, -0.2) is 26.7 Å². The lowest BCUT2D eigenvalue weighted by atomic mass is 10.2. The van der Waals surface area contributed by atoms with Crippen LogP contribution < -0.4 is 4.72 Å². The maximum absolute atomic E-state index is 12.6. The van der Waals surface area contributed by atoms with Crippen molar-refractivity contribution < 1.29 is 31.1 Å². The van der Waals surface area contributed by atoms with E-state index in [2.05, 4.69) is 20.7 Å². The van der Waals surface area contributed by atoms with E-state index in [0.29, 0.717) is 6.07 Å². The Morgan fingerprint density at radius 1 is 1.38 bits per heavy atom. The molecule has 118 valence electrons. The van der Waals surface area contributed by atoms with Gasteiger partial charge in [-0.05, 0) is 41.1 Å². The van der Waals surface area contributed by atoms with E-state index in [1.54, 1.807) is 0 Å². The third-order valence-electron chi connectivity index (χ3n) is 2.54. The van der Waals surface area contributed by atoms with Gasteiger partial charge in [0, 0.05) is 4.47 Å². The van der Waals surface area contributed by atoms with E-state index >= 15 is 0 Å². The molecule has 1 rings (SSSR count). The Hall–Kier alpha value is -1.29. The molecule has 0 saturated heterocycles. The molecule has 10 heteroatoms. The number of ether oxygens (including phenoxy) is 1. The largest absolute Gasteiger partial charge is 0.468 e. The van der Waals surface area contributed by atoms with Gasteiger partial charge < -0.3 is 4.74 Å². The molecule has 0 radical (unpaired) electrons. The smallest absolute Gasteiger partial charge is 0.416 e. The molecule has 5 nitrogen and oxygen atoms in total. The molecule has 1 aromatic rings. The molecule has 0 aliphatic rings. The topological polar surface area (TPSA) is 72.5 Å². The first-order chi connectivity index (χ1) is 9.49. The molecule has 21 heavy (non-hydrogen) atoms. The zero-order valence-corrected chi connectivity index (χ0v) is 13.3. The van der Waals surface area contributed by atoms with Gasteiger partial charge in [-0.2, -0.15) is 13.2 Å². The number of nitrogens with one attached hydrogen (secondary N) is 1. The Bertz CT molecular complexity index is 645. The number of carbonyl (C=O) groups excluding carboxylic acids is 1. The molecule has 1 unspecified atom stereocenters. The lowest BCUT2D eigenvalue weighted by molar-refractivity contribution is -0.140. The highest BCUT2D eigenvalue weighted by Gasteiger charge is 2.33. The van der Waals surface area contributed by atoms with Crippen molar-refractivity contribution in [3.05, 3.63) is 28.2 Å². The summed E-state index contributed by atoms with van der Waals surface area (Å²) in [6.45, 7) is 1.07. The molecular formula is C11H11BrF3NO4S. The summed E-state index contributed by atoms with van der Waals surface area (Å²) in [4.78, 5) is 11.2. The van der Waals surface area contributed by atoms with Crippen molar-refractivity contribution in [1.82, 2.24) is 0 Å². The fraction of sp³-hybridized carbons (Fsp3) is 0.364. The molecule has 0 fully saturated rings. The van der Waals surface area contributed by atoms with Crippen LogP contribution in [0.5, 0.6) is 0 Å². The maximum Gasteiger partial charge on any atom is 0.416 e. The number of methoxy groups -OCH3 is 1. The second-order valence-corrected chi connectivity index (χ2v) is 6.86. The molecule has 0 heterocycles. The summed E-state index contributed by atoms with van der Waals surface area (Å²) in [5.41, 5.74) is -1.34. The van der Waals surface area contributed by atoms with Gasteiger partial charge in [0.25, 0.3) is 0 Å². The number of benzene rings is 1. The number of sulfonamides is 1. The predicted octanol–water partition coefficient (Wildman–Crippen LogP) is 2.77. The number of anilines is 1. The van der Waals surface area contributed by atoms with Crippen LogP contribution in [0.2, 0.25) is 0 Å². The molecule has 0 aromatic heterocycles. The minimum absolute atomic E-state index is 0.108. The predicted molar refractivity (Wildman–Crippen MR) is 73.2 cm³/mol. The van der Waals surface area contributed by atoms with Crippen LogP contribution in [0.25, 0.3) is 0 Å². The second-order valence-electron chi connectivity index (χ2n) is 4.00. The lowest BCUT2D eigenvalue weighted by Crippen LogP contribution is -2.33. The highest BCUT2D eigenvalue weighted by Crippen LogP contribution is 2.34. The summed E-state index contributed by atoms with van der Waals surface area (Å²) in [5.74, 6) is -1.02. The van der Waals surface area contributed by atoms with Crippen molar-refractivity contribution in [3.63, 3.8) is 0 Å². The quantitative estimate of drug-likeness (QED) is 0.803. The third kappa shape index (κ3) is 4.34. The van der Waals surface area contributed by atoms with E-state index in [1.165, 1.54) is 0 Å². The van der Waals surface area contributed by atoms with Gasteiger partial charge in [-0.25, -0.2) is 8.42 Å². The van der Waals surface area contributed by atoms with Crippen molar-refractivity contribution in [2.75, 3.05) is 11.8 Å². The van der Waals surface area contributed by atoms with Gasteiger partial charge in [-0.3, -0.25) is 9.52 Å². The summed E-state index contributed by atoms with van der Waals surface area (Å²) < 4.78 is 68.0. The van der Waals surface area contributed by atoms with Crippen LogP contribution in [0, 0.1) is 0 Å². The minimum atomic E-state index is -4.62. The van der Waals surface area contributed by atoms with Gasteiger partial charge in [-0.15, -0.1) is 0 Å². The van der Waals surface area contributed by atoms with Crippen LogP contribution >= 0.6 is 15.9 Å². The monoisotopic (exact) mass is 389 g/mol. The highest BCUT2D eigenvalue weighted by molar-refractivity contribution is 9.10. The van der Waals surface area contributed by atoms with E-state index in [-0.39, 0.29) is 10.2 Å². The fourth-order valence-electron chi connectivity index (χ4n) is 1.31. The number of hydrogen-bond acceptors (Lipinski definition) is 4. The number of rotatable bonds is 4. The zero-order chi connectivity index (χ0) is 16.4. The van der Waals surface area contributed by atoms with Gasteiger partial charge in [0.2, 0.25) is 10.0 Å². The summed E-state index contributed by atoms with van der Waals surface area (Å²) in [5, 5.41) is -1.57. The maximum atomic E-state index is 12.6. The number of halogens is 4. The average molecular weight is 390 g/mol. The Kier molecular flexibility index (Phi) is 5.26. The normalized spacial score (nSPS) is 13.6. The molecule has 1 aromatic carbocycles. The SMILES string of the molecule is COC(=O)C(C)S(=O)(=O)Nc1cc(C(F)(F)F)ccc1Br. The van der Waals surface area contributed by atoms with E-state index < -0.39 is 33.0 Å². The molecule has 0 spiro atoms. The Morgan fingerprint density at radius 2 is 1.95 bits per heavy atom. The van der Waals surface area contributed by atoms with Crippen molar-refractivity contribution in [1.29, 1.82) is 0 Å². The molecule has 1 N–H and O–H groups in total. The van der Waals surface area contributed by atoms with Crippen LogP contribution in [-0.2, 0) is 25.7 Å². The van der Waals surface area contributed by atoms with E-state index in [4.69, 9.17) is 0 Å².